The van der Waals surface area contributed by atoms with E-state index >= 15 is 0 Å². The fraction of sp³-hybridized carbons (Fsp3) is 0. The third kappa shape index (κ3) is 2.57. The van der Waals surface area contributed by atoms with E-state index in [-0.39, 0.29) is 0 Å². The van der Waals surface area contributed by atoms with Crippen molar-refractivity contribution < 1.29 is 4.42 Å². The van der Waals surface area contributed by atoms with Crippen molar-refractivity contribution in [2.24, 2.45) is 0 Å². The van der Waals surface area contributed by atoms with Crippen molar-refractivity contribution >= 4 is 43.7 Å². The zero-order chi connectivity index (χ0) is 22.6. The topological polar surface area (TPSA) is 41.9 Å². The molecular weight excluding hydrogens is 416 g/mol. The first-order valence-corrected chi connectivity index (χ1v) is 11.3. The summed E-state index contributed by atoms with van der Waals surface area (Å²) >= 11 is 0. The van der Waals surface area contributed by atoms with Gasteiger partial charge in [0, 0.05) is 27.1 Å². The number of benzene rings is 5. The number of furan rings is 1. The normalized spacial score (nSPS) is 11.5. The number of aromatic nitrogens is 1. The second-order valence-electron chi connectivity index (χ2n) is 8.49. The van der Waals surface area contributed by atoms with E-state index in [4.69, 9.17) is 4.42 Å². The highest BCUT2D eigenvalue weighted by Crippen LogP contribution is 2.38. The largest absolute Gasteiger partial charge is 0.455 e. The van der Waals surface area contributed by atoms with Crippen LogP contribution in [0.1, 0.15) is 5.56 Å². The van der Waals surface area contributed by atoms with E-state index in [1.165, 1.54) is 21.8 Å². The van der Waals surface area contributed by atoms with Gasteiger partial charge in [-0.1, -0.05) is 72.8 Å². The van der Waals surface area contributed by atoms with Crippen molar-refractivity contribution in [2.45, 2.75) is 0 Å². The number of fused-ring (bicyclic) bond motifs is 6. The predicted octanol–water partition coefficient (Wildman–Crippen LogP) is 8.22. The van der Waals surface area contributed by atoms with Crippen molar-refractivity contribution in [3.63, 3.8) is 0 Å². The van der Waals surface area contributed by atoms with Crippen LogP contribution in [-0.4, -0.2) is 4.57 Å². The fourth-order valence-electron chi connectivity index (χ4n) is 5.15. The molecule has 0 bridgehead atoms. The molecule has 158 valence electrons. The molecule has 5 aromatic carbocycles. The summed E-state index contributed by atoms with van der Waals surface area (Å²) in [6.45, 7) is 0. The standard InChI is InChI=1S/C31H18N2O/c32-19-21-8-7-12-25-26-18-20(16-17-30(26)34-31(21)25)22-9-1-4-13-27(22)33-28-14-5-2-10-23(28)24-11-3-6-15-29(24)33/h1-18H. The lowest BCUT2D eigenvalue weighted by atomic mass is 10.0. The summed E-state index contributed by atoms with van der Waals surface area (Å²) in [6, 6.07) is 39.9. The molecule has 0 N–H and O–H groups in total. The van der Waals surface area contributed by atoms with Crippen LogP contribution in [0.5, 0.6) is 0 Å². The van der Waals surface area contributed by atoms with Crippen LogP contribution in [0.3, 0.4) is 0 Å². The van der Waals surface area contributed by atoms with Crippen molar-refractivity contribution in [1.29, 1.82) is 5.26 Å². The summed E-state index contributed by atoms with van der Waals surface area (Å²) in [5.41, 5.74) is 7.74. The summed E-state index contributed by atoms with van der Waals surface area (Å²) in [4.78, 5) is 0. The third-order valence-electron chi connectivity index (χ3n) is 6.65. The molecule has 0 atom stereocenters. The number of nitriles is 1. The molecule has 3 nitrogen and oxygen atoms in total. The van der Waals surface area contributed by atoms with Crippen LogP contribution in [0.25, 0.3) is 60.6 Å². The Kier molecular flexibility index (Phi) is 3.91. The number of hydrogen-bond donors (Lipinski definition) is 0. The van der Waals surface area contributed by atoms with E-state index in [0.717, 1.165) is 33.2 Å². The average molecular weight is 434 g/mol. The minimum Gasteiger partial charge on any atom is -0.455 e. The van der Waals surface area contributed by atoms with Crippen molar-refractivity contribution in [3.05, 3.63) is 115 Å². The molecular formula is C31H18N2O. The monoisotopic (exact) mass is 434 g/mol. The van der Waals surface area contributed by atoms with Crippen LogP contribution >= 0.6 is 0 Å². The highest BCUT2D eigenvalue weighted by atomic mass is 16.3. The van der Waals surface area contributed by atoms with Gasteiger partial charge < -0.3 is 8.98 Å². The van der Waals surface area contributed by atoms with Crippen molar-refractivity contribution in [1.82, 2.24) is 4.57 Å². The van der Waals surface area contributed by atoms with Crippen molar-refractivity contribution in [3.8, 4) is 22.9 Å². The lowest BCUT2D eigenvalue weighted by Crippen LogP contribution is -1.96. The Balaban J connectivity index is 1.53. The van der Waals surface area contributed by atoms with Gasteiger partial charge in [0.25, 0.3) is 0 Å². The van der Waals surface area contributed by atoms with Gasteiger partial charge in [0.15, 0.2) is 5.58 Å². The molecule has 0 aliphatic heterocycles. The molecule has 3 heteroatoms. The molecule has 0 amide bonds. The van der Waals surface area contributed by atoms with E-state index in [1.807, 2.05) is 18.2 Å². The van der Waals surface area contributed by atoms with Crippen molar-refractivity contribution in [2.75, 3.05) is 0 Å². The molecule has 0 aliphatic rings. The first-order chi connectivity index (χ1) is 16.8. The molecule has 0 fully saturated rings. The molecule has 2 heterocycles. The van der Waals surface area contributed by atoms with Crippen LogP contribution in [-0.2, 0) is 0 Å². The van der Waals surface area contributed by atoms with Crippen LogP contribution in [0, 0.1) is 11.3 Å². The molecule has 34 heavy (non-hydrogen) atoms. The number of para-hydroxylation sites is 4. The van der Waals surface area contributed by atoms with E-state index in [2.05, 4.69) is 95.6 Å². The lowest BCUT2D eigenvalue weighted by Gasteiger charge is -2.14. The molecule has 7 rings (SSSR count). The summed E-state index contributed by atoms with van der Waals surface area (Å²) in [5, 5.41) is 14.0. The Labute approximate surface area is 195 Å². The Hall–Kier alpha value is -4.81. The zero-order valence-electron chi connectivity index (χ0n) is 18.2. The zero-order valence-corrected chi connectivity index (χ0v) is 18.2. The second kappa shape index (κ2) is 7.10. The molecule has 0 radical (unpaired) electrons. The summed E-state index contributed by atoms with van der Waals surface area (Å²) in [6.07, 6.45) is 0. The fourth-order valence-corrected chi connectivity index (χ4v) is 5.15. The van der Waals surface area contributed by atoms with Gasteiger partial charge in [-0.2, -0.15) is 5.26 Å². The second-order valence-corrected chi connectivity index (χ2v) is 8.49. The van der Waals surface area contributed by atoms with Gasteiger partial charge in [0.05, 0.1) is 22.3 Å². The quantitative estimate of drug-likeness (QED) is 0.275. The maximum Gasteiger partial charge on any atom is 0.153 e. The molecule has 0 spiro atoms. The van der Waals surface area contributed by atoms with Gasteiger partial charge in [-0.15, -0.1) is 0 Å². The van der Waals surface area contributed by atoms with Crippen LogP contribution in [0.2, 0.25) is 0 Å². The van der Waals surface area contributed by atoms with E-state index < -0.39 is 0 Å². The van der Waals surface area contributed by atoms with E-state index in [0.29, 0.717) is 11.1 Å². The van der Waals surface area contributed by atoms with E-state index in [9.17, 15) is 5.26 Å². The van der Waals surface area contributed by atoms with Gasteiger partial charge in [-0.05, 0) is 42.0 Å². The Morgan fingerprint density at radius 1 is 0.618 bits per heavy atom. The Morgan fingerprint density at radius 3 is 2.06 bits per heavy atom. The lowest BCUT2D eigenvalue weighted by molar-refractivity contribution is 0.667. The smallest absolute Gasteiger partial charge is 0.153 e. The van der Waals surface area contributed by atoms with Gasteiger partial charge in [-0.3, -0.25) is 0 Å². The minimum atomic E-state index is 0.556. The van der Waals surface area contributed by atoms with E-state index in [1.54, 1.807) is 6.07 Å². The summed E-state index contributed by atoms with van der Waals surface area (Å²) in [5.74, 6) is 0. The SMILES string of the molecule is N#Cc1cccc2c1oc1ccc(-c3ccccc3-n3c4ccccc4c4ccccc43)cc12. The third-order valence-corrected chi connectivity index (χ3v) is 6.65. The Morgan fingerprint density at radius 2 is 1.29 bits per heavy atom. The molecule has 2 aromatic heterocycles. The first-order valence-electron chi connectivity index (χ1n) is 11.3. The molecule has 0 saturated heterocycles. The van der Waals surface area contributed by atoms with Crippen LogP contribution in [0.15, 0.2) is 114 Å². The van der Waals surface area contributed by atoms with Crippen LogP contribution in [0.4, 0.5) is 0 Å². The molecule has 0 saturated carbocycles. The molecule has 7 aromatic rings. The summed E-state index contributed by atoms with van der Waals surface area (Å²) < 4.78 is 8.41. The average Bonchev–Trinajstić information content (AvgIpc) is 3.44. The number of nitrogens with zero attached hydrogens (tertiary/aromatic N) is 2. The molecule has 0 aliphatic carbocycles. The highest BCUT2D eigenvalue weighted by Gasteiger charge is 2.16. The van der Waals surface area contributed by atoms with Gasteiger partial charge >= 0.3 is 0 Å². The summed E-state index contributed by atoms with van der Waals surface area (Å²) in [7, 11) is 0. The minimum absolute atomic E-state index is 0.556. The van der Waals surface area contributed by atoms with Crippen LogP contribution < -0.4 is 0 Å². The number of hydrogen-bond acceptors (Lipinski definition) is 2. The maximum atomic E-state index is 9.50. The number of rotatable bonds is 2. The van der Waals surface area contributed by atoms with Gasteiger partial charge in [0.2, 0.25) is 0 Å². The predicted molar refractivity (Wildman–Crippen MR) is 138 cm³/mol. The van der Waals surface area contributed by atoms with Gasteiger partial charge in [-0.25, -0.2) is 0 Å². The molecule has 0 unspecified atom stereocenters. The Bertz CT molecular complexity index is 1880. The van der Waals surface area contributed by atoms with Gasteiger partial charge in [0.1, 0.15) is 11.7 Å². The maximum absolute atomic E-state index is 9.50. The highest BCUT2D eigenvalue weighted by molar-refractivity contribution is 6.10. The first kappa shape index (κ1) is 18.7.